The van der Waals surface area contributed by atoms with Crippen molar-refractivity contribution < 1.29 is 0 Å². The molecular weight excluding hydrogens is 286 g/mol. The lowest BCUT2D eigenvalue weighted by molar-refractivity contribution is 0.740. The van der Waals surface area contributed by atoms with Gasteiger partial charge in [0, 0.05) is 18.6 Å². The number of hydrogen-bond donors (Lipinski definition) is 1. The maximum absolute atomic E-state index is 12.4. The monoisotopic (exact) mass is 299 g/mol. The average molecular weight is 299 g/mol. The molecule has 7 heteroatoms. The highest BCUT2D eigenvalue weighted by molar-refractivity contribution is 7.80. The van der Waals surface area contributed by atoms with E-state index in [-0.39, 0.29) is 10.5 Å². The van der Waals surface area contributed by atoms with Crippen LogP contribution in [-0.4, -0.2) is 24.2 Å². The fourth-order valence-corrected chi connectivity index (χ4v) is 2.29. The second-order valence-electron chi connectivity index (χ2n) is 4.76. The SMILES string of the molecule is Cc1cc2c(=O)n(Cc3ccnc(C(N)=S)c3)ccn2n1. The average Bonchev–Trinajstić information content (AvgIpc) is 2.84. The number of nitrogens with zero attached hydrogens (tertiary/aromatic N) is 4. The Morgan fingerprint density at radius 3 is 2.95 bits per heavy atom. The first-order valence-electron chi connectivity index (χ1n) is 6.35. The van der Waals surface area contributed by atoms with Crippen molar-refractivity contribution in [3.8, 4) is 0 Å². The maximum Gasteiger partial charge on any atom is 0.276 e. The van der Waals surface area contributed by atoms with Crippen LogP contribution < -0.4 is 11.3 Å². The fraction of sp³-hybridized carbons (Fsp3) is 0.143. The molecule has 6 nitrogen and oxygen atoms in total. The maximum atomic E-state index is 12.4. The summed E-state index contributed by atoms with van der Waals surface area (Å²) in [5.41, 5.74) is 8.31. The van der Waals surface area contributed by atoms with Crippen LogP contribution in [0.3, 0.4) is 0 Å². The van der Waals surface area contributed by atoms with Crippen molar-refractivity contribution in [3.63, 3.8) is 0 Å². The molecule has 3 aromatic rings. The molecule has 106 valence electrons. The molecule has 0 radical (unpaired) electrons. The Hall–Kier alpha value is -2.54. The van der Waals surface area contributed by atoms with Crippen LogP contribution in [0.2, 0.25) is 0 Å². The number of rotatable bonds is 3. The highest BCUT2D eigenvalue weighted by Crippen LogP contribution is 2.05. The molecular formula is C14H13N5OS. The minimum atomic E-state index is -0.0909. The van der Waals surface area contributed by atoms with Crippen molar-refractivity contribution in [2.45, 2.75) is 13.5 Å². The van der Waals surface area contributed by atoms with E-state index >= 15 is 0 Å². The third-order valence-corrected chi connectivity index (χ3v) is 3.36. The van der Waals surface area contributed by atoms with Gasteiger partial charge in [-0.15, -0.1) is 0 Å². The molecule has 0 fully saturated rings. The molecule has 3 aromatic heterocycles. The third-order valence-electron chi connectivity index (χ3n) is 3.16. The molecule has 0 amide bonds. The molecule has 0 spiro atoms. The van der Waals surface area contributed by atoms with Gasteiger partial charge in [0.05, 0.1) is 17.9 Å². The largest absolute Gasteiger partial charge is 0.388 e. The normalized spacial score (nSPS) is 10.9. The first-order valence-corrected chi connectivity index (χ1v) is 6.75. The van der Waals surface area contributed by atoms with Gasteiger partial charge in [0.1, 0.15) is 10.5 Å². The zero-order valence-corrected chi connectivity index (χ0v) is 12.2. The Morgan fingerprint density at radius 2 is 2.19 bits per heavy atom. The summed E-state index contributed by atoms with van der Waals surface area (Å²) < 4.78 is 3.20. The third kappa shape index (κ3) is 2.55. The molecule has 2 N–H and O–H groups in total. The molecule has 0 aromatic carbocycles. The number of nitrogens with two attached hydrogens (primary N) is 1. The van der Waals surface area contributed by atoms with Gasteiger partial charge in [-0.2, -0.15) is 5.10 Å². The second kappa shape index (κ2) is 5.10. The van der Waals surface area contributed by atoms with E-state index in [9.17, 15) is 4.79 Å². The summed E-state index contributed by atoms with van der Waals surface area (Å²) in [6, 6.07) is 5.40. The van der Waals surface area contributed by atoms with Crippen molar-refractivity contribution in [1.29, 1.82) is 0 Å². The lowest BCUT2D eigenvalue weighted by Crippen LogP contribution is -2.22. The van der Waals surface area contributed by atoms with E-state index in [0.29, 0.717) is 17.8 Å². The Kier molecular flexibility index (Phi) is 3.26. The zero-order chi connectivity index (χ0) is 15.0. The van der Waals surface area contributed by atoms with Crippen molar-refractivity contribution >= 4 is 22.7 Å². The smallest absolute Gasteiger partial charge is 0.276 e. The quantitative estimate of drug-likeness (QED) is 0.726. The van der Waals surface area contributed by atoms with Gasteiger partial charge in [-0.25, -0.2) is 4.52 Å². The zero-order valence-electron chi connectivity index (χ0n) is 11.4. The van der Waals surface area contributed by atoms with Crippen molar-refractivity contribution in [2.24, 2.45) is 5.73 Å². The summed E-state index contributed by atoms with van der Waals surface area (Å²) in [5, 5.41) is 4.22. The van der Waals surface area contributed by atoms with Crippen LogP contribution in [0, 0.1) is 6.92 Å². The second-order valence-corrected chi connectivity index (χ2v) is 5.20. The van der Waals surface area contributed by atoms with E-state index in [1.165, 1.54) is 0 Å². The molecule has 0 bridgehead atoms. The van der Waals surface area contributed by atoms with Gasteiger partial charge in [-0.1, -0.05) is 12.2 Å². The topological polar surface area (TPSA) is 78.2 Å². The Balaban J connectivity index is 2.02. The standard InChI is InChI=1S/C14H13N5OS/c1-9-6-12-14(20)18(4-5-19(12)17-9)8-10-2-3-16-11(7-10)13(15)21/h2-7H,8H2,1H3,(H2,15,21). The Bertz CT molecular complexity index is 896. The van der Waals surface area contributed by atoms with E-state index in [4.69, 9.17) is 18.0 Å². The molecule has 0 aliphatic carbocycles. The lowest BCUT2D eigenvalue weighted by atomic mass is 10.2. The molecule has 3 rings (SSSR count). The van der Waals surface area contributed by atoms with Crippen LogP contribution in [0.4, 0.5) is 0 Å². The molecule has 0 saturated heterocycles. The fourth-order valence-electron chi connectivity index (χ4n) is 2.18. The summed E-state index contributed by atoms with van der Waals surface area (Å²) >= 11 is 4.91. The van der Waals surface area contributed by atoms with Gasteiger partial charge in [0.2, 0.25) is 0 Å². The number of pyridine rings is 1. The minimum Gasteiger partial charge on any atom is -0.388 e. The molecule has 0 saturated carbocycles. The summed E-state index contributed by atoms with van der Waals surface area (Å²) in [6.07, 6.45) is 5.11. The van der Waals surface area contributed by atoms with Crippen LogP contribution in [0.15, 0.2) is 41.6 Å². The Labute approximate surface area is 125 Å². The molecule has 0 aliphatic rings. The summed E-state index contributed by atoms with van der Waals surface area (Å²) in [7, 11) is 0. The highest BCUT2D eigenvalue weighted by atomic mass is 32.1. The van der Waals surface area contributed by atoms with Gasteiger partial charge >= 0.3 is 0 Å². The Morgan fingerprint density at radius 1 is 1.38 bits per heavy atom. The van der Waals surface area contributed by atoms with Crippen LogP contribution in [0.1, 0.15) is 17.0 Å². The van der Waals surface area contributed by atoms with Crippen LogP contribution in [-0.2, 0) is 6.54 Å². The summed E-state index contributed by atoms with van der Waals surface area (Å²) in [6.45, 7) is 2.28. The number of hydrogen-bond acceptors (Lipinski definition) is 4. The number of thiocarbonyl (C=S) groups is 1. The molecule has 0 unspecified atom stereocenters. The molecule has 21 heavy (non-hydrogen) atoms. The van der Waals surface area contributed by atoms with E-state index in [2.05, 4.69) is 10.1 Å². The van der Waals surface area contributed by atoms with Gasteiger partial charge < -0.3 is 10.3 Å². The van der Waals surface area contributed by atoms with Gasteiger partial charge in [0.25, 0.3) is 5.56 Å². The lowest BCUT2D eigenvalue weighted by Gasteiger charge is -2.07. The molecule has 0 atom stereocenters. The molecule has 0 aliphatic heterocycles. The van der Waals surface area contributed by atoms with Crippen molar-refractivity contribution in [2.75, 3.05) is 0 Å². The minimum absolute atomic E-state index is 0.0909. The van der Waals surface area contributed by atoms with Crippen molar-refractivity contribution in [1.82, 2.24) is 19.2 Å². The summed E-state index contributed by atoms with van der Waals surface area (Å²) in [4.78, 5) is 16.7. The van der Waals surface area contributed by atoms with E-state index in [0.717, 1.165) is 11.3 Å². The van der Waals surface area contributed by atoms with E-state index in [1.807, 2.05) is 13.0 Å². The first kappa shape index (κ1) is 13.4. The van der Waals surface area contributed by atoms with Crippen molar-refractivity contribution in [3.05, 3.63) is 64.1 Å². The van der Waals surface area contributed by atoms with Gasteiger partial charge in [0.15, 0.2) is 0 Å². The summed E-state index contributed by atoms with van der Waals surface area (Å²) in [5.74, 6) is 0. The number of aromatic nitrogens is 4. The van der Waals surface area contributed by atoms with Crippen LogP contribution in [0.25, 0.3) is 5.52 Å². The first-order chi connectivity index (χ1) is 10.0. The number of aryl methyl sites for hydroxylation is 1. The van der Waals surface area contributed by atoms with Gasteiger partial charge in [-0.3, -0.25) is 9.78 Å². The predicted molar refractivity (Wildman–Crippen MR) is 83.4 cm³/mol. The van der Waals surface area contributed by atoms with E-state index < -0.39 is 0 Å². The predicted octanol–water partition coefficient (Wildman–Crippen LogP) is 0.882. The van der Waals surface area contributed by atoms with Crippen LogP contribution in [0.5, 0.6) is 0 Å². The molecule has 3 heterocycles. The van der Waals surface area contributed by atoms with Gasteiger partial charge in [-0.05, 0) is 30.7 Å². The highest BCUT2D eigenvalue weighted by Gasteiger charge is 2.07. The van der Waals surface area contributed by atoms with Crippen LogP contribution >= 0.6 is 12.2 Å². The van der Waals surface area contributed by atoms with E-state index in [1.54, 1.807) is 39.8 Å². The number of fused-ring (bicyclic) bond motifs is 1.